The summed E-state index contributed by atoms with van der Waals surface area (Å²) in [6.07, 6.45) is 0. The normalized spacial score (nSPS) is 11.1. The average Bonchev–Trinajstić information content (AvgIpc) is 2.25. The Labute approximate surface area is 100 Å². The molecule has 0 atom stereocenters. The van der Waals surface area contributed by atoms with E-state index in [9.17, 15) is 4.79 Å². The van der Waals surface area contributed by atoms with E-state index in [2.05, 4.69) is 13.8 Å². The van der Waals surface area contributed by atoms with Crippen LogP contribution in [0.25, 0.3) is 11.0 Å². The van der Waals surface area contributed by atoms with Crippen LogP contribution < -0.4 is 10.4 Å². The summed E-state index contributed by atoms with van der Waals surface area (Å²) >= 11 is 0. The van der Waals surface area contributed by atoms with Crippen LogP contribution in [-0.4, -0.2) is 6.61 Å². The second-order valence-electron chi connectivity index (χ2n) is 4.61. The molecule has 0 aliphatic rings. The van der Waals surface area contributed by atoms with Crippen LogP contribution in [0.15, 0.2) is 33.5 Å². The molecule has 0 saturated carbocycles. The molecule has 0 aliphatic carbocycles. The lowest BCUT2D eigenvalue weighted by molar-refractivity contribution is 0.271. The molecule has 1 aromatic carbocycles. The molecule has 0 fully saturated rings. The first kappa shape index (κ1) is 11.7. The maximum atomic E-state index is 11.3. The van der Waals surface area contributed by atoms with Gasteiger partial charge in [-0.1, -0.05) is 13.8 Å². The molecule has 0 bridgehead atoms. The van der Waals surface area contributed by atoms with Gasteiger partial charge in [-0.3, -0.25) is 0 Å². The third kappa shape index (κ3) is 2.67. The number of ether oxygens (including phenoxy) is 1. The summed E-state index contributed by atoms with van der Waals surface area (Å²) in [7, 11) is 0. The van der Waals surface area contributed by atoms with Crippen molar-refractivity contribution < 1.29 is 9.15 Å². The molecule has 0 aliphatic heterocycles. The van der Waals surface area contributed by atoms with Gasteiger partial charge in [0.25, 0.3) is 0 Å². The lowest BCUT2D eigenvalue weighted by Crippen LogP contribution is -2.04. The van der Waals surface area contributed by atoms with Crippen LogP contribution >= 0.6 is 0 Å². The Kier molecular flexibility index (Phi) is 3.18. The lowest BCUT2D eigenvalue weighted by atomic mass is 10.1. The molecule has 0 saturated heterocycles. The van der Waals surface area contributed by atoms with Crippen LogP contribution in [0.1, 0.15) is 19.4 Å². The molecular weight excluding hydrogens is 216 g/mol. The van der Waals surface area contributed by atoms with Crippen molar-refractivity contribution in [1.29, 1.82) is 0 Å². The van der Waals surface area contributed by atoms with Gasteiger partial charge in [0.1, 0.15) is 11.3 Å². The zero-order valence-corrected chi connectivity index (χ0v) is 10.3. The highest BCUT2D eigenvalue weighted by atomic mass is 16.5. The Morgan fingerprint density at radius 2 is 2.06 bits per heavy atom. The Morgan fingerprint density at radius 3 is 2.76 bits per heavy atom. The molecule has 0 unspecified atom stereocenters. The third-order valence-electron chi connectivity index (χ3n) is 2.51. The summed E-state index contributed by atoms with van der Waals surface area (Å²) in [4.78, 5) is 11.3. The molecule has 2 rings (SSSR count). The number of benzene rings is 1. The van der Waals surface area contributed by atoms with E-state index in [4.69, 9.17) is 9.15 Å². The smallest absolute Gasteiger partial charge is 0.336 e. The van der Waals surface area contributed by atoms with Crippen molar-refractivity contribution in [1.82, 2.24) is 0 Å². The molecular formula is C14H16O3. The number of hydrogen-bond donors (Lipinski definition) is 0. The second-order valence-corrected chi connectivity index (χ2v) is 4.61. The minimum Gasteiger partial charge on any atom is -0.493 e. The molecule has 3 heteroatoms. The van der Waals surface area contributed by atoms with Gasteiger partial charge in [0, 0.05) is 17.5 Å². The van der Waals surface area contributed by atoms with Crippen LogP contribution in [0.4, 0.5) is 0 Å². The van der Waals surface area contributed by atoms with Crippen LogP contribution in [0.2, 0.25) is 0 Å². The van der Waals surface area contributed by atoms with Gasteiger partial charge in [-0.2, -0.15) is 0 Å². The van der Waals surface area contributed by atoms with Crippen molar-refractivity contribution in [2.24, 2.45) is 5.92 Å². The third-order valence-corrected chi connectivity index (χ3v) is 2.51. The SMILES string of the molecule is Cc1cc(=O)oc2cc(OCC(C)C)ccc12. The zero-order chi connectivity index (χ0) is 12.4. The molecule has 17 heavy (non-hydrogen) atoms. The monoisotopic (exact) mass is 232 g/mol. The van der Waals surface area contributed by atoms with Gasteiger partial charge in [-0.05, 0) is 30.5 Å². The predicted molar refractivity (Wildman–Crippen MR) is 67.6 cm³/mol. The van der Waals surface area contributed by atoms with E-state index < -0.39 is 0 Å². The summed E-state index contributed by atoms with van der Waals surface area (Å²) in [5, 5.41) is 0.946. The Hall–Kier alpha value is -1.77. The number of rotatable bonds is 3. The van der Waals surface area contributed by atoms with E-state index in [1.807, 2.05) is 19.1 Å². The second kappa shape index (κ2) is 4.62. The largest absolute Gasteiger partial charge is 0.493 e. The molecule has 0 spiro atoms. The van der Waals surface area contributed by atoms with Crippen molar-refractivity contribution in [3.63, 3.8) is 0 Å². The topological polar surface area (TPSA) is 39.4 Å². The summed E-state index contributed by atoms with van der Waals surface area (Å²) < 4.78 is 10.7. The van der Waals surface area contributed by atoms with E-state index in [0.717, 1.165) is 16.7 Å². The standard InChI is InChI=1S/C14H16O3/c1-9(2)8-16-11-4-5-12-10(3)6-14(15)17-13(12)7-11/h4-7,9H,8H2,1-3H3. The summed E-state index contributed by atoms with van der Waals surface area (Å²) in [6.45, 7) is 6.73. The first-order chi connectivity index (χ1) is 8.06. The Bertz CT molecular complexity index is 582. The van der Waals surface area contributed by atoms with Gasteiger partial charge in [-0.15, -0.1) is 0 Å². The molecule has 1 aromatic heterocycles. The summed E-state index contributed by atoms with van der Waals surface area (Å²) in [6, 6.07) is 7.09. The van der Waals surface area contributed by atoms with Gasteiger partial charge < -0.3 is 9.15 Å². The van der Waals surface area contributed by atoms with Crippen molar-refractivity contribution in [3.05, 3.63) is 40.2 Å². The maximum Gasteiger partial charge on any atom is 0.336 e. The fraction of sp³-hybridized carbons (Fsp3) is 0.357. The molecule has 90 valence electrons. The zero-order valence-electron chi connectivity index (χ0n) is 10.3. The number of hydrogen-bond acceptors (Lipinski definition) is 3. The highest BCUT2D eigenvalue weighted by Crippen LogP contribution is 2.22. The van der Waals surface area contributed by atoms with Gasteiger partial charge in [0.05, 0.1) is 6.61 Å². The fourth-order valence-electron chi connectivity index (χ4n) is 1.66. The molecule has 2 aromatic rings. The molecule has 0 N–H and O–H groups in total. The average molecular weight is 232 g/mol. The molecule has 0 radical (unpaired) electrons. The maximum absolute atomic E-state index is 11.3. The van der Waals surface area contributed by atoms with E-state index in [1.165, 1.54) is 6.07 Å². The van der Waals surface area contributed by atoms with Crippen molar-refractivity contribution in [2.75, 3.05) is 6.61 Å². The van der Waals surface area contributed by atoms with E-state index >= 15 is 0 Å². The van der Waals surface area contributed by atoms with Crippen LogP contribution in [0.3, 0.4) is 0 Å². The Balaban J connectivity index is 2.40. The molecule has 0 amide bonds. The number of fused-ring (bicyclic) bond motifs is 1. The fourth-order valence-corrected chi connectivity index (χ4v) is 1.66. The van der Waals surface area contributed by atoms with Crippen molar-refractivity contribution >= 4 is 11.0 Å². The van der Waals surface area contributed by atoms with Gasteiger partial charge in [-0.25, -0.2) is 4.79 Å². The van der Waals surface area contributed by atoms with Gasteiger partial charge in [0.15, 0.2) is 0 Å². The predicted octanol–water partition coefficient (Wildman–Crippen LogP) is 3.14. The first-order valence-corrected chi connectivity index (χ1v) is 5.73. The van der Waals surface area contributed by atoms with Crippen LogP contribution in [0.5, 0.6) is 5.75 Å². The summed E-state index contributed by atoms with van der Waals surface area (Å²) in [5.41, 5.74) is 1.18. The van der Waals surface area contributed by atoms with Crippen LogP contribution in [0, 0.1) is 12.8 Å². The minimum absolute atomic E-state index is 0.323. The van der Waals surface area contributed by atoms with Gasteiger partial charge in [0.2, 0.25) is 0 Å². The van der Waals surface area contributed by atoms with Gasteiger partial charge >= 0.3 is 5.63 Å². The molecule has 3 nitrogen and oxygen atoms in total. The van der Waals surface area contributed by atoms with E-state index in [0.29, 0.717) is 18.1 Å². The summed E-state index contributed by atoms with van der Waals surface area (Å²) in [5.74, 6) is 1.20. The molecule has 1 heterocycles. The minimum atomic E-state index is -0.323. The lowest BCUT2D eigenvalue weighted by Gasteiger charge is -2.09. The highest BCUT2D eigenvalue weighted by molar-refractivity contribution is 5.81. The highest BCUT2D eigenvalue weighted by Gasteiger charge is 2.04. The van der Waals surface area contributed by atoms with E-state index in [-0.39, 0.29) is 5.63 Å². The van der Waals surface area contributed by atoms with Crippen molar-refractivity contribution in [2.45, 2.75) is 20.8 Å². The van der Waals surface area contributed by atoms with Crippen LogP contribution in [-0.2, 0) is 0 Å². The quantitative estimate of drug-likeness (QED) is 0.763. The van der Waals surface area contributed by atoms with Crippen molar-refractivity contribution in [3.8, 4) is 5.75 Å². The number of aryl methyl sites for hydroxylation is 1. The van der Waals surface area contributed by atoms with E-state index in [1.54, 1.807) is 6.07 Å². The first-order valence-electron chi connectivity index (χ1n) is 5.73. The Morgan fingerprint density at radius 1 is 1.29 bits per heavy atom.